The molecule has 0 aliphatic heterocycles. The molecule has 0 spiro atoms. The summed E-state index contributed by atoms with van der Waals surface area (Å²) in [6.45, 7) is 0. The van der Waals surface area contributed by atoms with Gasteiger partial charge in [0.25, 0.3) is 0 Å². The van der Waals surface area contributed by atoms with Crippen LogP contribution in [0.25, 0.3) is 0 Å². The first-order chi connectivity index (χ1) is 6.72. The van der Waals surface area contributed by atoms with Gasteiger partial charge >= 0.3 is 5.97 Å². The Morgan fingerprint density at radius 1 is 1.36 bits per heavy atom. The molecular weight excluding hydrogens is 185 g/mol. The summed E-state index contributed by atoms with van der Waals surface area (Å²) in [6.07, 6.45) is 1.66. The monoisotopic (exact) mass is 197 g/mol. The quantitative estimate of drug-likeness (QED) is 0.745. The van der Waals surface area contributed by atoms with Gasteiger partial charge in [0.15, 0.2) is 0 Å². The van der Waals surface area contributed by atoms with Crippen molar-refractivity contribution in [1.82, 2.24) is 0 Å². The maximum Gasteiger partial charge on any atom is 0.324 e. The molecule has 76 valence electrons. The molecule has 1 aromatic rings. The SMILES string of the molecule is NOC(=O)CCCc1ccc(F)cc1. The van der Waals surface area contributed by atoms with Crippen molar-refractivity contribution in [1.29, 1.82) is 0 Å². The van der Waals surface area contributed by atoms with Crippen LogP contribution in [0, 0.1) is 5.82 Å². The van der Waals surface area contributed by atoms with E-state index in [0.717, 1.165) is 12.0 Å². The molecule has 0 amide bonds. The van der Waals surface area contributed by atoms with E-state index < -0.39 is 5.97 Å². The third kappa shape index (κ3) is 3.53. The number of halogens is 1. The second kappa shape index (κ2) is 5.34. The standard InChI is InChI=1S/C10H12FNO2/c11-9-6-4-8(5-7-9)2-1-3-10(13)14-12/h4-7H,1-3,12H2. The third-order valence-corrected chi connectivity index (χ3v) is 1.89. The smallest absolute Gasteiger partial charge is 0.324 e. The zero-order valence-electron chi connectivity index (χ0n) is 7.70. The van der Waals surface area contributed by atoms with Crippen molar-refractivity contribution in [2.75, 3.05) is 0 Å². The van der Waals surface area contributed by atoms with E-state index in [4.69, 9.17) is 0 Å². The van der Waals surface area contributed by atoms with Gasteiger partial charge in [0.1, 0.15) is 5.82 Å². The molecule has 2 N–H and O–H groups in total. The lowest BCUT2D eigenvalue weighted by Gasteiger charge is -2.00. The maximum atomic E-state index is 12.5. The molecule has 0 heterocycles. The summed E-state index contributed by atoms with van der Waals surface area (Å²) in [5, 5.41) is 0. The van der Waals surface area contributed by atoms with E-state index in [1.165, 1.54) is 12.1 Å². The van der Waals surface area contributed by atoms with Crippen molar-refractivity contribution in [3.8, 4) is 0 Å². The number of rotatable bonds is 4. The Morgan fingerprint density at radius 2 is 2.00 bits per heavy atom. The van der Waals surface area contributed by atoms with Gasteiger partial charge in [-0.1, -0.05) is 12.1 Å². The highest BCUT2D eigenvalue weighted by Gasteiger charge is 2.00. The Morgan fingerprint density at radius 3 is 2.57 bits per heavy atom. The number of hydrogen-bond acceptors (Lipinski definition) is 3. The Labute approximate surface area is 81.6 Å². The zero-order chi connectivity index (χ0) is 10.4. The number of hydrogen-bond donors (Lipinski definition) is 1. The van der Waals surface area contributed by atoms with Crippen LogP contribution in [0.5, 0.6) is 0 Å². The minimum atomic E-state index is -0.424. The van der Waals surface area contributed by atoms with Gasteiger partial charge in [-0.2, -0.15) is 5.90 Å². The molecule has 0 saturated carbocycles. The van der Waals surface area contributed by atoms with Crippen LogP contribution in [0.3, 0.4) is 0 Å². The molecule has 0 aliphatic carbocycles. The van der Waals surface area contributed by atoms with Gasteiger partial charge < -0.3 is 4.84 Å². The van der Waals surface area contributed by atoms with Crippen LogP contribution < -0.4 is 5.90 Å². The van der Waals surface area contributed by atoms with Crippen LogP contribution in [0.2, 0.25) is 0 Å². The Bertz CT molecular complexity index is 297. The van der Waals surface area contributed by atoms with Gasteiger partial charge in [0.05, 0.1) is 0 Å². The highest BCUT2D eigenvalue weighted by atomic mass is 19.1. The molecular formula is C10H12FNO2. The molecule has 0 saturated heterocycles. The first-order valence-electron chi connectivity index (χ1n) is 4.36. The van der Waals surface area contributed by atoms with Gasteiger partial charge in [-0.15, -0.1) is 0 Å². The molecule has 1 rings (SSSR count). The molecule has 0 unspecified atom stereocenters. The fraction of sp³-hybridized carbons (Fsp3) is 0.300. The molecule has 3 nitrogen and oxygen atoms in total. The summed E-state index contributed by atoms with van der Waals surface area (Å²) in [5.41, 5.74) is 0.997. The van der Waals surface area contributed by atoms with Gasteiger partial charge in [-0.05, 0) is 30.5 Å². The number of benzene rings is 1. The highest BCUT2D eigenvalue weighted by Crippen LogP contribution is 2.06. The molecule has 1 aromatic carbocycles. The molecule has 0 atom stereocenters. The van der Waals surface area contributed by atoms with E-state index in [0.29, 0.717) is 6.42 Å². The average Bonchev–Trinajstić information content (AvgIpc) is 2.21. The first-order valence-corrected chi connectivity index (χ1v) is 4.36. The lowest BCUT2D eigenvalue weighted by Crippen LogP contribution is -2.09. The van der Waals surface area contributed by atoms with E-state index in [-0.39, 0.29) is 12.2 Å². The van der Waals surface area contributed by atoms with Gasteiger partial charge in [0, 0.05) is 6.42 Å². The molecule has 4 heteroatoms. The molecule has 0 aromatic heterocycles. The minimum absolute atomic E-state index is 0.255. The summed E-state index contributed by atoms with van der Waals surface area (Å²) in [5.74, 6) is 3.99. The van der Waals surface area contributed by atoms with Gasteiger partial charge in [-0.3, -0.25) is 4.79 Å². The van der Waals surface area contributed by atoms with E-state index in [1.54, 1.807) is 12.1 Å². The van der Waals surface area contributed by atoms with Crippen LogP contribution in [-0.4, -0.2) is 5.97 Å². The summed E-state index contributed by atoms with van der Waals surface area (Å²) in [6, 6.07) is 6.19. The van der Waals surface area contributed by atoms with Crippen molar-refractivity contribution >= 4 is 5.97 Å². The van der Waals surface area contributed by atoms with E-state index in [1.807, 2.05) is 0 Å². The average molecular weight is 197 g/mol. The number of carbonyl (C=O) groups excluding carboxylic acids is 1. The second-order valence-electron chi connectivity index (χ2n) is 2.97. The van der Waals surface area contributed by atoms with Crippen LogP contribution in [0.4, 0.5) is 4.39 Å². The summed E-state index contributed by atoms with van der Waals surface area (Å²) >= 11 is 0. The molecule has 0 radical (unpaired) electrons. The van der Waals surface area contributed by atoms with Crippen LogP contribution in [-0.2, 0) is 16.1 Å². The topological polar surface area (TPSA) is 52.3 Å². The molecule has 0 aliphatic rings. The van der Waals surface area contributed by atoms with Crippen molar-refractivity contribution in [2.24, 2.45) is 5.90 Å². The predicted molar refractivity (Wildman–Crippen MR) is 49.6 cm³/mol. The minimum Gasteiger partial charge on any atom is -0.373 e. The lowest BCUT2D eigenvalue weighted by molar-refractivity contribution is -0.144. The van der Waals surface area contributed by atoms with Crippen molar-refractivity contribution in [2.45, 2.75) is 19.3 Å². The second-order valence-corrected chi connectivity index (χ2v) is 2.97. The van der Waals surface area contributed by atoms with Crippen LogP contribution in [0.1, 0.15) is 18.4 Å². The molecule has 0 fully saturated rings. The molecule has 14 heavy (non-hydrogen) atoms. The summed E-state index contributed by atoms with van der Waals surface area (Å²) < 4.78 is 12.5. The Balaban J connectivity index is 2.31. The summed E-state index contributed by atoms with van der Waals surface area (Å²) in [7, 11) is 0. The molecule has 0 bridgehead atoms. The van der Waals surface area contributed by atoms with Gasteiger partial charge in [-0.25, -0.2) is 4.39 Å². The van der Waals surface area contributed by atoms with Crippen LogP contribution in [0.15, 0.2) is 24.3 Å². The van der Waals surface area contributed by atoms with E-state index in [9.17, 15) is 9.18 Å². The fourth-order valence-electron chi connectivity index (χ4n) is 1.15. The number of aryl methyl sites for hydroxylation is 1. The van der Waals surface area contributed by atoms with E-state index in [2.05, 4.69) is 10.7 Å². The first kappa shape index (κ1) is 10.7. The third-order valence-electron chi connectivity index (χ3n) is 1.89. The van der Waals surface area contributed by atoms with E-state index >= 15 is 0 Å². The number of nitrogens with two attached hydrogens (primary N) is 1. The lowest BCUT2D eigenvalue weighted by atomic mass is 10.1. The zero-order valence-corrected chi connectivity index (χ0v) is 7.70. The summed E-state index contributed by atoms with van der Waals surface area (Å²) in [4.78, 5) is 14.7. The predicted octanol–water partition coefficient (Wildman–Crippen LogP) is 1.57. The Hall–Kier alpha value is -1.42. The van der Waals surface area contributed by atoms with Crippen molar-refractivity contribution in [3.63, 3.8) is 0 Å². The fourth-order valence-corrected chi connectivity index (χ4v) is 1.15. The van der Waals surface area contributed by atoms with Gasteiger partial charge in [0.2, 0.25) is 0 Å². The Kier molecular flexibility index (Phi) is 4.07. The van der Waals surface area contributed by atoms with Crippen molar-refractivity contribution < 1.29 is 14.0 Å². The van der Waals surface area contributed by atoms with Crippen molar-refractivity contribution in [3.05, 3.63) is 35.6 Å². The maximum absolute atomic E-state index is 12.5. The normalized spacial score (nSPS) is 9.86. The van der Waals surface area contributed by atoms with Crippen LogP contribution >= 0.6 is 0 Å². The highest BCUT2D eigenvalue weighted by molar-refractivity contribution is 5.68. The number of carbonyl (C=O) groups is 1. The largest absolute Gasteiger partial charge is 0.373 e.